The molecule has 0 radical (unpaired) electrons. The Labute approximate surface area is 181 Å². The molecule has 1 aromatic heterocycles. The summed E-state index contributed by atoms with van der Waals surface area (Å²) in [6.45, 7) is 2.70. The quantitative estimate of drug-likeness (QED) is 0.727. The van der Waals surface area contributed by atoms with Crippen LogP contribution in [0.15, 0.2) is 29.1 Å². The number of carbonyl (C=O) groups is 2. The second kappa shape index (κ2) is 9.55. The van der Waals surface area contributed by atoms with Gasteiger partial charge < -0.3 is 15.1 Å². The average molecular weight is 427 g/mol. The van der Waals surface area contributed by atoms with E-state index in [1.807, 2.05) is 0 Å². The number of benzene rings is 1. The van der Waals surface area contributed by atoms with Gasteiger partial charge in [0.25, 0.3) is 5.56 Å². The van der Waals surface area contributed by atoms with Gasteiger partial charge in [0, 0.05) is 19.6 Å². The van der Waals surface area contributed by atoms with E-state index in [4.69, 9.17) is 0 Å². The minimum absolute atomic E-state index is 0.0911. The average Bonchev–Trinajstić information content (AvgIpc) is 2.79. The van der Waals surface area contributed by atoms with E-state index in [-0.39, 0.29) is 24.6 Å². The molecule has 0 aliphatic carbocycles. The summed E-state index contributed by atoms with van der Waals surface area (Å²) in [6.07, 6.45) is 6.08. The summed E-state index contributed by atoms with van der Waals surface area (Å²) in [5, 5.41) is 10.8. The highest BCUT2D eigenvalue weighted by Gasteiger charge is 2.34. The van der Waals surface area contributed by atoms with Crippen molar-refractivity contribution in [3.8, 4) is 0 Å². The minimum Gasteiger partial charge on any atom is -0.345 e. The molecule has 2 aliphatic heterocycles. The van der Waals surface area contributed by atoms with Crippen LogP contribution in [0.2, 0.25) is 0 Å². The molecule has 2 aromatic rings. The first-order valence-corrected chi connectivity index (χ1v) is 11.1. The third-order valence-electron chi connectivity index (χ3n) is 6.52. The fraction of sp³-hybridized carbons (Fsp3) is 0.591. The minimum atomic E-state index is -0.440. The van der Waals surface area contributed by atoms with Gasteiger partial charge in [-0.15, -0.1) is 5.10 Å². The van der Waals surface area contributed by atoms with Gasteiger partial charge in [-0.25, -0.2) is 4.68 Å². The Morgan fingerprint density at radius 3 is 2.84 bits per heavy atom. The van der Waals surface area contributed by atoms with Crippen LogP contribution in [0.3, 0.4) is 0 Å². The van der Waals surface area contributed by atoms with Crippen molar-refractivity contribution < 1.29 is 9.59 Å². The largest absolute Gasteiger partial charge is 0.345 e. The van der Waals surface area contributed by atoms with Crippen LogP contribution < -0.4 is 10.9 Å². The molecule has 1 N–H and O–H groups in total. The number of nitrogens with one attached hydrogen (secondary N) is 1. The van der Waals surface area contributed by atoms with E-state index in [2.05, 4.69) is 20.5 Å². The summed E-state index contributed by atoms with van der Waals surface area (Å²) in [4.78, 5) is 41.6. The van der Waals surface area contributed by atoms with Crippen LogP contribution in [0, 0.1) is 5.92 Å². The molecule has 2 amide bonds. The van der Waals surface area contributed by atoms with E-state index in [1.165, 1.54) is 38.8 Å². The molecule has 0 spiro atoms. The zero-order valence-corrected chi connectivity index (χ0v) is 18.0. The van der Waals surface area contributed by atoms with E-state index in [0.29, 0.717) is 29.4 Å². The third kappa shape index (κ3) is 4.92. The zero-order valence-electron chi connectivity index (χ0n) is 18.0. The van der Waals surface area contributed by atoms with Crippen molar-refractivity contribution in [2.75, 3.05) is 33.2 Å². The van der Waals surface area contributed by atoms with E-state index >= 15 is 0 Å². The number of likely N-dealkylation sites (N-methyl/N-ethyl adjacent to an activating group) is 1. The number of piperidine rings is 2. The van der Waals surface area contributed by atoms with Gasteiger partial charge in [-0.3, -0.25) is 14.4 Å². The molecular formula is C22H30N6O3. The van der Waals surface area contributed by atoms with Crippen molar-refractivity contribution in [2.45, 2.75) is 44.7 Å². The first kappa shape index (κ1) is 21.4. The Hall–Kier alpha value is -2.81. The molecule has 0 saturated carbocycles. The van der Waals surface area contributed by atoms with Crippen LogP contribution in [0.5, 0.6) is 0 Å². The number of rotatable bonds is 6. The smallest absolute Gasteiger partial charge is 0.278 e. The zero-order chi connectivity index (χ0) is 21.8. The number of aromatic nitrogens is 3. The van der Waals surface area contributed by atoms with Crippen molar-refractivity contribution in [1.29, 1.82) is 0 Å². The van der Waals surface area contributed by atoms with Gasteiger partial charge in [0.05, 0.1) is 11.9 Å². The normalized spacial score (nSPS) is 21.5. The Kier molecular flexibility index (Phi) is 6.60. The molecule has 2 unspecified atom stereocenters. The number of hydrogen-bond donors (Lipinski definition) is 1. The van der Waals surface area contributed by atoms with E-state index in [0.717, 1.165) is 11.1 Å². The predicted octanol–water partition coefficient (Wildman–Crippen LogP) is 0.631. The first-order chi connectivity index (χ1) is 15.0. The summed E-state index contributed by atoms with van der Waals surface area (Å²) in [5.74, 6) is -0.0760. The molecule has 9 heteroatoms. The molecule has 2 aliphatic rings. The van der Waals surface area contributed by atoms with Crippen LogP contribution in [0.25, 0.3) is 10.9 Å². The molecular weight excluding hydrogens is 396 g/mol. The summed E-state index contributed by atoms with van der Waals surface area (Å²) in [5.41, 5.74) is 0.110. The van der Waals surface area contributed by atoms with Crippen LogP contribution in [-0.2, 0) is 16.1 Å². The lowest BCUT2D eigenvalue weighted by atomic mass is 9.83. The lowest BCUT2D eigenvalue weighted by Gasteiger charge is -2.45. The number of nitrogens with zero attached hydrogens (tertiary/aromatic N) is 5. The summed E-state index contributed by atoms with van der Waals surface area (Å²) in [7, 11) is 1.80. The highest BCUT2D eigenvalue weighted by molar-refractivity contribution is 5.84. The monoisotopic (exact) mass is 426 g/mol. The number of fused-ring (bicyclic) bond motifs is 2. The molecule has 0 bridgehead atoms. The Morgan fingerprint density at radius 1 is 1.16 bits per heavy atom. The van der Waals surface area contributed by atoms with Crippen molar-refractivity contribution >= 4 is 22.7 Å². The van der Waals surface area contributed by atoms with Gasteiger partial charge in [0.1, 0.15) is 12.1 Å². The lowest BCUT2D eigenvalue weighted by molar-refractivity contribution is -0.133. The number of amides is 2. The third-order valence-corrected chi connectivity index (χ3v) is 6.52. The SMILES string of the molecule is CN(CC1CCCN2CCCCC12)C(=O)CNC(=O)Cn1nnc2ccccc2c1=O. The van der Waals surface area contributed by atoms with Crippen LogP contribution in [-0.4, -0.2) is 75.9 Å². The van der Waals surface area contributed by atoms with E-state index in [1.54, 1.807) is 36.2 Å². The number of hydrogen-bond acceptors (Lipinski definition) is 6. The van der Waals surface area contributed by atoms with Crippen molar-refractivity contribution in [1.82, 2.24) is 30.1 Å². The van der Waals surface area contributed by atoms with Gasteiger partial charge in [0.2, 0.25) is 11.8 Å². The van der Waals surface area contributed by atoms with Gasteiger partial charge >= 0.3 is 0 Å². The van der Waals surface area contributed by atoms with Crippen molar-refractivity contribution in [3.05, 3.63) is 34.6 Å². The highest BCUT2D eigenvalue weighted by atomic mass is 16.2. The maximum Gasteiger partial charge on any atom is 0.278 e. The maximum absolute atomic E-state index is 12.6. The second-order valence-electron chi connectivity index (χ2n) is 8.62. The van der Waals surface area contributed by atoms with Gasteiger partial charge in [-0.1, -0.05) is 23.8 Å². The molecule has 166 valence electrons. The molecule has 2 fully saturated rings. The van der Waals surface area contributed by atoms with Crippen molar-refractivity contribution in [2.24, 2.45) is 5.92 Å². The fourth-order valence-corrected chi connectivity index (χ4v) is 4.87. The topological polar surface area (TPSA) is 100 Å². The summed E-state index contributed by atoms with van der Waals surface area (Å²) < 4.78 is 1.02. The molecule has 2 saturated heterocycles. The molecule has 2 atom stereocenters. The molecule has 4 rings (SSSR count). The molecule has 31 heavy (non-hydrogen) atoms. The lowest BCUT2D eigenvalue weighted by Crippen LogP contribution is -2.51. The Bertz CT molecular complexity index is 1000. The Balaban J connectivity index is 1.28. The Morgan fingerprint density at radius 2 is 1.97 bits per heavy atom. The van der Waals surface area contributed by atoms with Gasteiger partial charge in [-0.05, 0) is 56.8 Å². The maximum atomic E-state index is 12.6. The van der Waals surface area contributed by atoms with Crippen LogP contribution in [0.1, 0.15) is 32.1 Å². The second-order valence-corrected chi connectivity index (χ2v) is 8.62. The van der Waals surface area contributed by atoms with Crippen LogP contribution in [0.4, 0.5) is 0 Å². The standard InChI is InChI=1S/C22H30N6O3/c1-26(14-16-7-6-12-27-11-5-4-10-19(16)27)21(30)13-23-20(29)15-28-22(31)17-8-2-3-9-18(17)24-25-28/h2-3,8-9,16,19H,4-7,10-15H2,1H3,(H,23,29). The van der Waals surface area contributed by atoms with Gasteiger partial charge in [0.15, 0.2) is 0 Å². The molecule has 9 nitrogen and oxygen atoms in total. The first-order valence-electron chi connectivity index (χ1n) is 11.1. The fourth-order valence-electron chi connectivity index (χ4n) is 4.87. The highest BCUT2D eigenvalue weighted by Crippen LogP contribution is 2.31. The molecule has 1 aromatic carbocycles. The summed E-state index contributed by atoms with van der Waals surface area (Å²) >= 11 is 0. The molecule has 3 heterocycles. The van der Waals surface area contributed by atoms with Gasteiger partial charge in [-0.2, -0.15) is 0 Å². The van der Waals surface area contributed by atoms with E-state index in [9.17, 15) is 14.4 Å². The van der Waals surface area contributed by atoms with Crippen LogP contribution >= 0.6 is 0 Å². The number of carbonyl (C=O) groups excluding carboxylic acids is 2. The summed E-state index contributed by atoms with van der Waals surface area (Å²) in [6, 6.07) is 7.43. The predicted molar refractivity (Wildman–Crippen MR) is 116 cm³/mol. The van der Waals surface area contributed by atoms with Crippen molar-refractivity contribution in [3.63, 3.8) is 0 Å². The van der Waals surface area contributed by atoms with E-state index < -0.39 is 5.91 Å².